The molecule has 1 amide bonds. The maximum absolute atomic E-state index is 13.9. The lowest BCUT2D eigenvalue weighted by Crippen LogP contribution is -2.34. The van der Waals surface area contributed by atoms with E-state index in [1.165, 1.54) is 6.07 Å². The Balaban J connectivity index is 1.58. The topological polar surface area (TPSA) is 57.8 Å². The number of aromatic amines is 1. The molecule has 0 aliphatic heterocycles. The van der Waals surface area contributed by atoms with E-state index < -0.39 is 0 Å². The lowest BCUT2D eigenvalue weighted by molar-refractivity contribution is -0.121. The zero-order chi connectivity index (χ0) is 16.4. The average molecular weight is 315 g/mol. The van der Waals surface area contributed by atoms with Gasteiger partial charge in [0.25, 0.3) is 0 Å². The molecule has 2 N–H and O–H groups in total. The van der Waals surface area contributed by atoms with Crippen molar-refractivity contribution in [2.75, 3.05) is 0 Å². The zero-order valence-electron chi connectivity index (χ0n) is 13.5. The van der Waals surface area contributed by atoms with Gasteiger partial charge in [-0.1, -0.05) is 18.2 Å². The minimum absolute atomic E-state index is 0.0109. The van der Waals surface area contributed by atoms with E-state index in [4.69, 9.17) is 0 Å². The first-order valence-electron chi connectivity index (χ1n) is 8.09. The van der Waals surface area contributed by atoms with Crippen LogP contribution in [0.1, 0.15) is 47.7 Å². The number of amides is 1. The molecule has 1 aliphatic rings. The van der Waals surface area contributed by atoms with Crippen LogP contribution in [0, 0.1) is 19.7 Å². The van der Waals surface area contributed by atoms with Crippen molar-refractivity contribution in [3.63, 3.8) is 0 Å². The summed E-state index contributed by atoms with van der Waals surface area (Å²) in [6.45, 7) is 3.82. The number of benzene rings is 1. The monoisotopic (exact) mass is 315 g/mol. The van der Waals surface area contributed by atoms with E-state index in [1.807, 2.05) is 26.0 Å². The van der Waals surface area contributed by atoms with Crippen molar-refractivity contribution in [2.45, 2.75) is 51.5 Å². The predicted molar refractivity (Wildman–Crippen MR) is 86.7 cm³/mol. The second-order valence-electron chi connectivity index (χ2n) is 6.39. The maximum atomic E-state index is 13.9. The van der Waals surface area contributed by atoms with Gasteiger partial charge in [0, 0.05) is 17.3 Å². The number of hydrogen-bond acceptors (Lipinski definition) is 2. The first kappa shape index (κ1) is 15.7. The van der Waals surface area contributed by atoms with Gasteiger partial charge in [0.15, 0.2) is 0 Å². The molecule has 1 saturated carbocycles. The van der Waals surface area contributed by atoms with Crippen molar-refractivity contribution in [2.24, 2.45) is 0 Å². The molecule has 0 saturated heterocycles. The van der Waals surface area contributed by atoms with E-state index >= 15 is 0 Å². The fraction of sp³-hybridized carbons (Fsp3) is 0.444. The molecule has 1 aromatic heterocycles. The van der Waals surface area contributed by atoms with Gasteiger partial charge in [-0.25, -0.2) is 4.39 Å². The lowest BCUT2D eigenvalue weighted by atomic mass is 9.97. The van der Waals surface area contributed by atoms with E-state index in [0.717, 1.165) is 41.8 Å². The molecule has 1 heterocycles. The van der Waals surface area contributed by atoms with Crippen LogP contribution in [0.5, 0.6) is 0 Å². The van der Waals surface area contributed by atoms with Gasteiger partial charge in [-0.2, -0.15) is 5.10 Å². The van der Waals surface area contributed by atoms with Gasteiger partial charge in [-0.3, -0.25) is 9.89 Å². The number of aromatic nitrogens is 2. The number of H-pyrrole nitrogens is 1. The Hall–Kier alpha value is -2.17. The summed E-state index contributed by atoms with van der Waals surface area (Å²) in [6, 6.07) is 7.06. The highest BCUT2D eigenvalue weighted by Gasteiger charge is 2.28. The fourth-order valence-electron chi connectivity index (χ4n) is 3.48. The van der Waals surface area contributed by atoms with Crippen LogP contribution in [0.2, 0.25) is 0 Å². The Labute approximate surface area is 135 Å². The van der Waals surface area contributed by atoms with Crippen LogP contribution in [0.25, 0.3) is 0 Å². The molecule has 4 nitrogen and oxygen atoms in total. The Morgan fingerprint density at radius 2 is 2.13 bits per heavy atom. The summed E-state index contributed by atoms with van der Waals surface area (Å²) >= 11 is 0. The molecule has 2 aromatic rings. The quantitative estimate of drug-likeness (QED) is 0.910. The Morgan fingerprint density at radius 1 is 1.35 bits per heavy atom. The SMILES string of the molecule is Cc1n[nH]c(C)c1CC(=O)NC1CCC(c2ccccc2F)C1. The highest BCUT2D eigenvalue weighted by Crippen LogP contribution is 2.35. The highest BCUT2D eigenvalue weighted by molar-refractivity contribution is 5.79. The van der Waals surface area contributed by atoms with E-state index in [-0.39, 0.29) is 23.7 Å². The van der Waals surface area contributed by atoms with Crippen LogP contribution in [0.3, 0.4) is 0 Å². The van der Waals surface area contributed by atoms with Gasteiger partial charge in [0.1, 0.15) is 5.82 Å². The minimum Gasteiger partial charge on any atom is -0.353 e. The minimum atomic E-state index is -0.144. The summed E-state index contributed by atoms with van der Waals surface area (Å²) in [5.74, 6) is 0.0600. The summed E-state index contributed by atoms with van der Waals surface area (Å²) in [5.41, 5.74) is 3.54. The van der Waals surface area contributed by atoms with Gasteiger partial charge in [-0.05, 0) is 50.7 Å². The molecule has 2 atom stereocenters. The molecule has 5 heteroatoms. The number of halogens is 1. The van der Waals surface area contributed by atoms with Gasteiger partial charge in [0.05, 0.1) is 12.1 Å². The molecular weight excluding hydrogens is 293 g/mol. The molecule has 3 rings (SSSR count). The van der Waals surface area contributed by atoms with Gasteiger partial charge in [-0.15, -0.1) is 0 Å². The molecule has 2 unspecified atom stereocenters. The summed E-state index contributed by atoms with van der Waals surface area (Å²) in [5, 5.41) is 10.1. The Kier molecular flexibility index (Phi) is 4.46. The molecule has 23 heavy (non-hydrogen) atoms. The van der Waals surface area contributed by atoms with Crippen LogP contribution in [-0.4, -0.2) is 22.1 Å². The smallest absolute Gasteiger partial charge is 0.224 e. The van der Waals surface area contributed by atoms with E-state index in [9.17, 15) is 9.18 Å². The normalized spacial score (nSPS) is 20.7. The van der Waals surface area contributed by atoms with Crippen molar-refractivity contribution in [1.29, 1.82) is 0 Å². The van der Waals surface area contributed by atoms with Crippen LogP contribution in [0.4, 0.5) is 4.39 Å². The number of carbonyl (C=O) groups excluding carboxylic acids is 1. The van der Waals surface area contributed by atoms with Gasteiger partial charge >= 0.3 is 0 Å². The number of hydrogen-bond donors (Lipinski definition) is 2. The van der Waals surface area contributed by atoms with Crippen LogP contribution < -0.4 is 5.32 Å². The zero-order valence-corrected chi connectivity index (χ0v) is 13.5. The Bertz CT molecular complexity index is 691. The summed E-state index contributed by atoms with van der Waals surface area (Å²) < 4.78 is 13.9. The van der Waals surface area contributed by atoms with Crippen LogP contribution in [-0.2, 0) is 11.2 Å². The highest BCUT2D eigenvalue weighted by atomic mass is 19.1. The van der Waals surface area contributed by atoms with E-state index in [1.54, 1.807) is 6.07 Å². The third-order valence-electron chi connectivity index (χ3n) is 4.76. The summed E-state index contributed by atoms with van der Waals surface area (Å²) in [6.07, 6.45) is 2.95. The van der Waals surface area contributed by atoms with Crippen molar-refractivity contribution in [3.8, 4) is 0 Å². The van der Waals surface area contributed by atoms with E-state index in [2.05, 4.69) is 15.5 Å². The number of rotatable bonds is 4. The molecule has 0 bridgehead atoms. The molecule has 122 valence electrons. The first-order chi connectivity index (χ1) is 11.0. The predicted octanol–water partition coefficient (Wildman–Crippen LogP) is 3.16. The number of aryl methyl sites for hydroxylation is 2. The van der Waals surface area contributed by atoms with Crippen molar-refractivity contribution < 1.29 is 9.18 Å². The second-order valence-corrected chi connectivity index (χ2v) is 6.39. The van der Waals surface area contributed by atoms with Crippen molar-refractivity contribution in [1.82, 2.24) is 15.5 Å². The van der Waals surface area contributed by atoms with E-state index in [0.29, 0.717) is 6.42 Å². The number of carbonyl (C=O) groups is 1. The molecule has 0 spiro atoms. The number of nitrogens with zero attached hydrogens (tertiary/aromatic N) is 1. The van der Waals surface area contributed by atoms with Crippen molar-refractivity contribution in [3.05, 3.63) is 52.6 Å². The maximum Gasteiger partial charge on any atom is 0.224 e. The van der Waals surface area contributed by atoms with Gasteiger partial charge < -0.3 is 5.32 Å². The standard InChI is InChI=1S/C18H22FN3O/c1-11-16(12(2)22-21-11)10-18(23)20-14-8-7-13(9-14)15-5-3-4-6-17(15)19/h3-6,13-14H,7-10H2,1-2H3,(H,20,23)(H,21,22). The molecular formula is C18H22FN3O. The molecule has 0 radical (unpaired) electrons. The average Bonchev–Trinajstić information content (AvgIpc) is 3.09. The lowest BCUT2D eigenvalue weighted by Gasteiger charge is -2.14. The molecule has 1 aromatic carbocycles. The Morgan fingerprint density at radius 3 is 2.83 bits per heavy atom. The molecule has 1 fully saturated rings. The third kappa shape index (κ3) is 3.44. The largest absolute Gasteiger partial charge is 0.353 e. The molecule has 1 aliphatic carbocycles. The fourth-order valence-corrected chi connectivity index (χ4v) is 3.48. The third-order valence-corrected chi connectivity index (χ3v) is 4.76. The van der Waals surface area contributed by atoms with Crippen LogP contribution >= 0.6 is 0 Å². The van der Waals surface area contributed by atoms with Gasteiger partial charge in [0.2, 0.25) is 5.91 Å². The summed E-state index contributed by atoms with van der Waals surface area (Å²) in [4.78, 5) is 12.3. The van der Waals surface area contributed by atoms with Crippen molar-refractivity contribution >= 4 is 5.91 Å². The number of nitrogens with one attached hydrogen (secondary N) is 2. The van der Waals surface area contributed by atoms with Crippen LogP contribution in [0.15, 0.2) is 24.3 Å². The summed E-state index contributed by atoms with van der Waals surface area (Å²) in [7, 11) is 0. The first-order valence-corrected chi connectivity index (χ1v) is 8.09. The second kappa shape index (κ2) is 6.52.